The highest BCUT2D eigenvalue weighted by Crippen LogP contribution is 2.39. The zero-order valence-electron chi connectivity index (χ0n) is 15.1. The van der Waals surface area contributed by atoms with Crippen LogP contribution in [0.3, 0.4) is 0 Å². The number of aliphatic imine (C=N–C) groups is 1. The minimum atomic E-state index is 0.267. The van der Waals surface area contributed by atoms with E-state index >= 15 is 0 Å². The van der Waals surface area contributed by atoms with Gasteiger partial charge in [-0.3, -0.25) is 4.99 Å². The number of benzene rings is 1. The number of hydrogen-bond acceptors (Lipinski definition) is 5. The van der Waals surface area contributed by atoms with E-state index in [2.05, 4.69) is 31.6 Å². The van der Waals surface area contributed by atoms with Crippen molar-refractivity contribution in [2.45, 2.75) is 31.9 Å². The number of guanidine groups is 1. The molecule has 0 aromatic heterocycles. The van der Waals surface area contributed by atoms with Gasteiger partial charge in [0, 0.05) is 33.4 Å². The monoisotopic (exact) mass is 427 g/mol. The summed E-state index contributed by atoms with van der Waals surface area (Å²) in [6.45, 7) is 4.01. The summed E-state index contributed by atoms with van der Waals surface area (Å²) in [5.74, 6) is 2.29. The molecule has 1 fully saturated rings. The van der Waals surface area contributed by atoms with E-state index in [9.17, 15) is 0 Å². The molecule has 2 aliphatic heterocycles. The predicted octanol–water partition coefficient (Wildman–Crippen LogP) is 2.43. The third kappa shape index (κ3) is 5.49. The lowest BCUT2D eigenvalue weighted by Gasteiger charge is -2.13. The largest absolute Gasteiger partial charge is 0.454 e. The van der Waals surface area contributed by atoms with Gasteiger partial charge in [-0.15, -0.1) is 0 Å². The molecule has 7 nitrogen and oxygen atoms in total. The molecule has 1 atom stereocenters. The summed E-state index contributed by atoms with van der Waals surface area (Å²) in [5, 5.41) is 6.60. The van der Waals surface area contributed by atoms with Gasteiger partial charge >= 0.3 is 0 Å². The van der Waals surface area contributed by atoms with Crippen LogP contribution < -0.4 is 20.1 Å². The SMILES string of the molecule is CN=C(NCCCOCC1CCCO1)NCc1cc(Br)c2c(c1)OCO2. The van der Waals surface area contributed by atoms with Crippen LogP contribution in [0.15, 0.2) is 21.6 Å². The minimum absolute atomic E-state index is 0.267. The number of rotatable bonds is 8. The smallest absolute Gasteiger partial charge is 0.231 e. The molecule has 0 radical (unpaired) electrons. The van der Waals surface area contributed by atoms with Crippen LogP contribution >= 0.6 is 15.9 Å². The van der Waals surface area contributed by atoms with Crippen LogP contribution in [-0.4, -0.2) is 52.3 Å². The normalized spacial score (nSPS) is 19.0. The molecule has 1 aromatic carbocycles. The fourth-order valence-corrected chi connectivity index (χ4v) is 3.50. The van der Waals surface area contributed by atoms with Crippen molar-refractivity contribution in [1.29, 1.82) is 0 Å². The lowest BCUT2D eigenvalue weighted by Crippen LogP contribution is -2.37. The average molecular weight is 428 g/mol. The van der Waals surface area contributed by atoms with Crippen LogP contribution in [-0.2, 0) is 16.0 Å². The molecule has 2 aliphatic rings. The van der Waals surface area contributed by atoms with Crippen molar-refractivity contribution in [3.8, 4) is 11.5 Å². The first-order chi connectivity index (χ1) is 12.8. The van der Waals surface area contributed by atoms with Crippen molar-refractivity contribution in [1.82, 2.24) is 10.6 Å². The molecule has 0 spiro atoms. The molecule has 2 N–H and O–H groups in total. The van der Waals surface area contributed by atoms with E-state index in [1.54, 1.807) is 7.05 Å². The molecule has 2 heterocycles. The van der Waals surface area contributed by atoms with Crippen molar-refractivity contribution >= 4 is 21.9 Å². The molecule has 0 amide bonds. The van der Waals surface area contributed by atoms with Crippen LogP contribution in [0.5, 0.6) is 11.5 Å². The first-order valence-corrected chi connectivity index (χ1v) is 9.77. The lowest BCUT2D eigenvalue weighted by atomic mass is 10.2. The van der Waals surface area contributed by atoms with Gasteiger partial charge in [-0.1, -0.05) is 0 Å². The van der Waals surface area contributed by atoms with Crippen molar-refractivity contribution in [3.05, 3.63) is 22.2 Å². The van der Waals surface area contributed by atoms with Gasteiger partial charge in [0.15, 0.2) is 17.5 Å². The van der Waals surface area contributed by atoms with Crippen molar-refractivity contribution < 1.29 is 18.9 Å². The fourth-order valence-electron chi connectivity index (χ4n) is 2.90. The Kier molecular flexibility index (Phi) is 7.40. The van der Waals surface area contributed by atoms with Crippen LogP contribution in [0.2, 0.25) is 0 Å². The fraction of sp³-hybridized carbons (Fsp3) is 0.611. The quantitative estimate of drug-likeness (QED) is 0.377. The molecule has 0 bridgehead atoms. The molecule has 1 saturated heterocycles. The molecule has 3 rings (SSSR count). The van der Waals surface area contributed by atoms with E-state index in [-0.39, 0.29) is 6.79 Å². The van der Waals surface area contributed by atoms with E-state index in [1.165, 1.54) is 0 Å². The molecule has 26 heavy (non-hydrogen) atoms. The maximum Gasteiger partial charge on any atom is 0.231 e. The van der Waals surface area contributed by atoms with E-state index in [4.69, 9.17) is 18.9 Å². The van der Waals surface area contributed by atoms with Crippen LogP contribution in [0.1, 0.15) is 24.8 Å². The summed E-state index contributed by atoms with van der Waals surface area (Å²) >= 11 is 3.51. The third-order valence-electron chi connectivity index (χ3n) is 4.26. The Morgan fingerprint density at radius 2 is 2.27 bits per heavy atom. The Labute approximate surface area is 162 Å². The van der Waals surface area contributed by atoms with E-state index in [0.29, 0.717) is 19.3 Å². The van der Waals surface area contributed by atoms with Gasteiger partial charge in [0.05, 0.1) is 17.2 Å². The van der Waals surface area contributed by atoms with Crippen LogP contribution in [0, 0.1) is 0 Å². The Balaban J connectivity index is 1.32. The zero-order valence-corrected chi connectivity index (χ0v) is 16.6. The summed E-state index contributed by atoms with van der Waals surface area (Å²) in [6.07, 6.45) is 3.48. The number of ether oxygens (including phenoxy) is 4. The summed E-state index contributed by atoms with van der Waals surface area (Å²) in [4.78, 5) is 4.24. The van der Waals surface area contributed by atoms with Crippen molar-refractivity contribution in [2.24, 2.45) is 4.99 Å². The molecular weight excluding hydrogens is 402 g/mol. The van der Waals surface area contributed by atoms with Crippen molar-refractivity contribution in [2.75, 3.05) is 40.2 Å². The summed E-state index contributed by atoms with van der Waals surface area (Å²) < 4.78 is 22.9. The van der Waals surface area contributed by atoms with E-state index in [1.807, 2.05) is 12.1 Å². The number of hydrogen-bond donors (Lipinski definition) is 2. The number of fused-ring (bicyclic) bond motifs is 1. The molecule has 1 aromatic rings. The second-order valence-electron chi connectivity index (χ2n) is 6.23. The first-order valence-electron chi connectivity index (χ1n) is 8.98. The van der Waals surface area contributed by atoms with Gasteiger partial charge in [0.1, 0.15) is 0 Å². The Hall–Kier alpha value is -1.51. The lowest BCUT2D eigenvalue weighted by molar-refractivity contribution is 0.0168. The highest BCUT2D eigenvalue weighted by molar-refractivity contribution is 9.10. The van der Waals surface area contributed by atoms with Crippen LogP contribution in [0.4, 0.5) is 0 Å². The summed E-state index contributed by atoms with van der Waals surface area (Å²) in [6, 6.07) is 4.00. The number of nitrogens with one attached hydrogen (secondary N) is 2. The second kappa shape index (κ2) is 9.99. The molecular formula is C18H26BrN3O4. The molecule has 0 aliphatic carbocycles. The van der Waals surface area contributed by atoms with Gasteiger partial charge < -0.3 is 29.6 Å². The van der Waals surface area contributed by atoms with E-state index in [0.717, 1.165) is 66.5 Å². The average Bonchev–Trinajstić information content (AvgIpc) is 3.32. The van der Waals surface area contributed by atoms with Gasteiger partial charge in [0.2, 0.25) is 6.79 Å². The third-order valence-corrected chi connectivity index (χ3v) is 4.85. The van der Waals surface area contributed by atoms with Gasteiger partial charge in [-0.25, -0.2) is 0 Å². The van der Waals surface area contributed by atoms with Crippen LogP contribution in [0.25, 0.3) is 0 Å². The molecule has 8 heteroatoms. The minimum Gasteiger partial charge on any atom is -0.454 e. The number of nitrogens with zero attached hydrogens (tertiary/aromatic N) is 1. The summed E-state index contributed by atoms with van der Waals surface area (Å²) in [5.41, 5.74) is 1.09. The van der Waals surface area contributed by atoms with Gasteiger partial charge in [0.25, 0.3) is 0 Å². The molecule has 0 saturated carbocycles. The maximum atomic E-state index is 5.66. The Bertz CT molecular complexity index is 621. The topological polar surface area (TPSA) is 73.3 Å². The second-order valence-corrected chi connectivity index (χ2v) is 7.08. The Morgan fingerprint density at radius 3 is 3.08 bits per heavy atom. The Morgan fingerprint density at radius 1 is 1.35 bits per heavy atom. The highest BCUT2D eigenvalue weighted by atomic mass is 79.9. The number of halogens is 1. The van der Waals surface area contributed by atoms with E-state index < -0.39 is 0 Å². The predicted molar refractivity (Wildman–Crippen MR) is 103 cm³/mol. The van der Waals surface area contributed by atoms with Crippen molar-refractivity contribution in [3.63, 3.8) is 0 Å². The summed E-state index contributed by atoms with van der Waals surface area (Å²) in [7, 11) is 1.76. The van der Waals surface area contributed by atoms with Gasteiger partial charge in [-0.05, 0) is 52.9 Å². The first kappa shape index (κ1) is 19.3. The molecule has 144 valence electrons. The highest BCUT2D eigenvalue weighted by Gasteiger charge is 2.18. The van der Waals surface area contributed by atoms with Gasteiger partial charge in [-0.2, -0.15) is 0 Å². The standard InChI is InChI=1S/C18H26BrN3O4/c1-20-18(21-5-3-6-23-11-14-4-2-7-24-14)22-10-13-8-15(19)17-16(9-13)25-12-26-17/h8-9,14H,2-7,10-12H2,1H3,(H2,20,21,22). The zero-order chi connectivity index (χ0) is 18.2. The molecule has 1 unspecified atom stereocenters. The maximum absolute atomic E-state index is 5.66.